The Bertz CT molecular complexity index is 408. The Morgan fingerprint density at radius 1 is 1.40 bits per heavy atom. The highest BCUT2D eigenvalue weighted by Gasteiger charge is 2.26. The molecule has 80 valence electrons. The lowest BCUT2D eigenvalue weighted by Crippen LogP contribution is -2.29. The second-order valence-electron chi connectivity index (χ2n) is 3.56. The van der Waals surface area contributed by atoms with Crippen molar-refractivity contribution in [1.82, 2.24) is 4.90 Å². The zero-order valence-electron chi connectivity index (χ0n) is 8.40. The molecule has 1 heterocycles. The van der Waals surface area contributed by atoms with Crippen LogP contribution < -0.4 is 10.6 Å². The third kappa shape index (κ3) is 1.72. The van der Waals surface area contributed by atoms with E-state index in [1.54, 1.807) is 35.0 Å². The first-order chi connectivity index (χ1) is 7.09. The van der Waals surface area contributed by atoms with E-state index in [-0.39, 0.29) is 6.03 Å². The number of anilines is 2. The molecule has 2 amide bonds. The van der Waals surface area contributed by atoms with Crippen LogP contribution in [-0.2, 0) is 0 Å². The summed E-state index contributed by atoms with van der Waals surface area (Å²) in [5, 5.41) is 0.481. The van der Waals surface area contributed by atoms with Crippen molar-refractivity contribution in [1.29, 1.82) is 0 Å². The molecule has 1 aromatic carbocycles. The van der Waals surface area contributed by atoms with Crippen LogP contribution in [0.3, 0.4) is 0 Å². The van der Waals surface area contributed by atoms with Crippen LogP contribution in [-0.4, -0.2) is 31.1 Å². The summed E-state index contributed by atoms with van der Waals surface area (Å²) in [4.78, 5) is 15.0. The van der Waals surface area contributed by atoms with E-state index < -0.39 is 0 Å². The molecular weight excluding hydrogens is 214 g/mol. The minimum absolute atomic E-state index is 0.00385. The van der Waals surface area contributed by atoms with Gasteiger partial charge in [0.25, 0.3) is 0 Å². The molecule has 0 radical (unpaired) electrons. The molecule has 0 aliphatic carbocycles. The third-order valence-electron chi connectivity index (χ3n) is 2.51. The number of halogens is 1. The second kappa shape index (κ2) is 3.62. The van der Waals surface area contributed by atoms with E-state index in [0.29, 0.717) is 17.3 Å². The number of amides is 2. The molecule has 1 fully saturated rings. The second-order valence-corrected chi connectivity index (χ2v) is 3.97. The number of rotatable bonds is 1. The number of urea groups is 1. The van der Waals surface area contributed by atoms with Gasteiger partial charge in [-0.3, -0.25) is 4.90 Å². The average molecular weight is 226 g/mol. The minimum Gasteiger partial charge on any atom is -0.398 e. The van der Waals surface area contributed by atoms with Gasteiger partial charge in [0, 0.05) is 25.8 Å². The van der Waals surface area contributed by atoms with Crippen molar-refractivity contribution in [2.24, 2.45) is 0 Å². The maximum absolute atomic E-state index is 11.7. The minimum atomic E-state index is -0.00385. The van der Waals surface area contributed by atoms with Crippen LogP contribution in [0.2, 0.25) is 5.02 Å². The number of hydrogen-bond donors (Lipinski definition) is 1. The molecule has 1 aromatic rings. The summed E-state index contributed by atoms with van der Waals surface area (Å²) in [6.45, 7) is 1.43. The van der Waals surface area contributed by atoms with Gasteiger partial charge in [-0.2, -0.15) is 0 Å². The van der Waals surface area contributed by atoms with Gasteiger partial charge in [-0.15, -0.1) is 0 Å². The van der Waals surface area contributed by atoms with E-state index in [4.69, 9.17) is 17.3 Å². The van der Waals surface area contributed by atoms with Crippen LogP contribution in [0.15, 0.2) is 18.2 Å². The number of nitrogens with zero attached hydrogens (tertiary/aromatic N) is 2. The lowest BCUT2D eigenvalue weighted by Gasteiger charge is -2.16. The summed E-state index contributed by atoms with van der Waals surface area (Å²) in [6.07, 6.45) is 0. The van der Waals surface area contributed by atoms with Crippen molar-refractivity contribution in [3.8, 4) is 0 Å². The number of nitrogen functional groups attached to an aromatic ring is 1. The highest BCUT2D eigenvalue weighted by atomic mass is 35.5. The van der Waals surface area contributed by atoms with Gasteiger partial charge in [0.05, 0.1) is 10.7 Å². The fourth-order valence-electron chi connectivity index (χ4n) is 1.57. The highest BCUT2D eigenvalue weighted by molar-refractivity contribution is 6.33. The molecule has 2 rings (SSSR count). The molecule has 0 aromatic heterocycles. The van der Waals surface area contributed by atoms with Gasteiger partial charge in [-0.05, 0) is 18.2 Å². The third-order valence-corrected chi connectivity index (χ3v) is 2.84. The molecule has 1 saturated heterocycles. The maximum atomic E-state index is 11.7. The molecule has 0 unspecified atom stereocenters. The first-order valence-electron chi connectivity index (χ1n) is 4.67. The lowest BCUT2D eigenvalue weighted by molar-refractivity contribution is 0.229. The van der Waals surface area contributed by atoms with Crippen molar-refractivity contribution in [3.05, 3.63) is 23.2 Å². The zero-order chi connectivity index (χ0) is 11.0. The molecule has 4 nitrogen and oxygen atoms in total. The van der Waals surface area contributed by atoms with Gasteiger partial charge in [-0.1, -0.05) is 11.6 Å². The SMILES string of the molecule is CN1CCN(c2ccc(N)c(Cl)c2)C1=O. The molecule has 0 spiro atoms. The predicted octanol–water partition coefficient (Wildman–Crippen LogP) is 1.79. The van der Waals surface area contributed by atoms with E-state index in [2.05, 4.69) is 0 Å². The topological polar surface area (TPSA) is 49.6 Å². The summed E-state index contributed by atoms with van der Waals surface area (Å²) in [7, 11) is 1.78. The summed E-state index contributed by atoms with van der Waals surface area (Å²) >= 11 is 5.90. The van der Waals surface area contributed by atoms with Crippen molar-refractivity contribution >= 4 is 29.0 Å². The van der Waals surface area contributed by atoms with Gasteiger partial charge in [0.1, 0.15) is 0 Å². The van der Waals surface area contributed by atoms with Crippen molar-refractivity contribution in [2.45, 2.75) is 0 Å². The van der Waals surface area contributed by atoms with Crippen LogP contribution >= 0.6 is 11.6 Å². The number of benzene rings is 1. The van der Waals surface area contributed by atoms with Crippen LogP contribution in [0.1, 0.15) is 0 Å². The van der Waals surface area contributed by atoms with Crippen LogP contribution in [0.25, 0.3) is 0 Å². The maximum Gasteiger partial charge on any atom is 0.324 e. The molecule has 0 atom stereocenters. The number of carbonyl (C=O) groups is 1. The molecule has 0 saturated carbocycles. The van der Waals surface area contributed by atoms with E-state index in [0.717, 1.165) is 12.2 Å². The first-order valence-corrected chi connectivity index (χ1v) is 5.05. The molecule has 0 bridgehead atoms. The number of likely N-dealkylation sites (N-methyl/N-ethyl adjacent to an activating group) is 1. The monoisotopic (exact) mass is 225 g/mol. The zero-order valence-corrected chi connectivity index (χ0v) is 9.16. The number of nitrogens with two attached hydrogens (primary N) is 1. The summed E-state index contributed by atoms with van der Waals surface area (Å²) in [6, 6.07) is 5.23. The van der Waals surface area contributed by atoms with E-state index >= 15 is 0 Å². The predicted molar refractivity (Wildman–Crippen MR) is 61.2 cm³/mol. The van der Waals surface area contributed by atoms with E-state index in [1.165, 1.54) is 0 Å². The quantitative estimate of drug-likeness (QED) is 0.741. The smallest absolute Gasteiger partial charge is 0.324 e. The largest absolute Gasteiger partial charge is 0.398 e. The highest BCUT2D eigenvalue weighted by Crippen LogP contribution is 2.27. The molecule has 1 aliphatic rings. The van der Waals surface area contributed by atoms with E-state index in [9.17, 15) is 4.79 Å². The molecule has 5 heteroatoms. The van der Waals surface area contributed by atoms with Crippen molar-refractivity contribution in [2.75, 3.05) is 30.8 Å². The Kier molecular flexibility index (Phi) is 2.44. The normalized spacial score (nSPS) is 16.3. The standard InChI is InChI=1S/C10H12ClN3O/c1-13-4-5-14(10(13)15)7-2-3-9(12)8(11)6-7/h2-3,6H,4-5,12H2,1H3. The van der Waals surface area contributed by atoms with Gasteiger partial charge < -0.3 is 10.6 Å². The summed E-state index contributed by atoms with van der Waals surface area (Å²) < 4.78 is 0. The van der Waals surface area contributed by atoms with Gasteiger partial charge in [0.2, 0.25) is 0 Å². The fourth-order valence-corrected chi connectivity index (χ4v) is 1.75. The Morgan fingerprint density at radius 3 is 2.67 bits per heavy atom. The van der Waals surface area contributed by atoms with Gasteiger partial charge in [0.15, 0.2) is 0 Å². The Hall–Kier alpha value is -1.42. The summed E-state index contributed by atoms with van der Waals surface area (Å²) in [5.41, 5.74) is 6.93. The van der Waals surface area contributed by atoms with Crippen LogP contribution in [0.5, 0.6) is 0 Å². The lowest BCUT2D eigenvalue weighted by atomic mass is 10.2. The number of hydrogen-bond acceptors (Lipinski definition) is 2. The Balaban J connectivity index is 2.31. The molecule has 2 N–H and O–H groups in total. The van der Waals surface area contributed by atoms with Crippen LogP contribution in [0.4, 0.5) is 16.2 Å². The van der Waals surface area contributed by atoms with Crippen molar-refractivity contribution < 1.29 is 4.79 Å². The Morgan fingerprint density at radius 2 is 2.13 bits per heavy atom. The summed E-state index contributed by atoms with van der Waals surface area (Å²) in [5.74, 6) is 0. The van der Waals surface area contributed by atoms with Crippen LogP contribution in [0, 0.1) is 0 Å². The van der Waals surface area contributed by atoms with Gasteiger partial charge >= 0.3 is 6.03 Å². The molecule has 1 aliphatic heterocycles. The average Bonchev–Trinajstić information content (AvgIpc) is 2.53. The van der Waals surface area contributed by atoms with E-state index in [1.807, 2.05) is 0 Å². The fraction of sp³-hybridized carbons (Fsp3) is 0.300. The molecular formula is C10H12ClN3O. The Labute approximate surface area is 93.2 Å². The van der Waals surface area contributed by atoms with Gasteiger partial charge in [-0.25, -0.2) is 4.79 Å². The first kappa shape index (κ1) is 10.1. The molecule has 15 heavy (non-hydrogen) atoms. The number of carbonyl (C=O) groups excluding carboxylic acids is 1. The van der Waals surface area contributed by atoms with Crippen molar-refractivity contribution in [3.63, 3.8) is 0 Å².